The molecular formula is C19H25Br. The van der Waals surface area contributed by atoms with Gasteiger partial charge in [-0.1, -0.05) is 85.4 Å². The summed E-state index contributed by atoms with van der Waals surface area (Å²) in [4.78, 5) is 0.463. The van der Waals surface area contributed by atoms with Gasteiger partial charge in [0.1, 0.15) is 0 Å². The molecule has 108 valence electrons. The van der Waals surface area contributed by atoms with Crippen LogP contribution in [0.3, 0.4) is 0 Å². The lowest BCUT2D eigenvalue weighted by Crippen LogP contribution is -2.09. The second kappa shape index (κ2) is 7.26. The van der Waals surface area contributed by atoms with Gasteiger partial charge in [0.05, 0.1) is 0 Å². The monoisotopic (exact) mass is 332 g/mol. The minimum absolute atomic E-state index is 0.463. The molecule has 0 aliphatic rings. The highest BCUT2D eigenvalue weighted by atomic mass is 79.9. The van der Waals surface area contributed by atoms with E-state index in [2.05, 4.69) is 73.1 Å². The van der Waals surface area contributed by atoms with E-state index in [-0.39, 0.29) is 0 Å². The molecule has 0 saturated heterocycles. The van der Waals surface area contributed by atoms with Gasteiger partial charge in [-0.05, 0) is 41.2 Å². The molecule has 0 bridgehead atoms. The number of benzene rings is 2. The summed E-state index contributed by atoms with van der Waals surface area (Å²) in [5, 5.41) is 2.76. The summed E-state index contributed by atoms with van der Waals surface area (Å²) in [6.45, 7) is 6.83. The summed E-state index contributed by atoms with van der Waals surface area (Å²) in [7, 11) is 0. The van der Waals surface area contributed by atoms with Crippen LogP contribution in [0.5, 0.6) is 0 Å². The van der Waals surface area contributed by atoms with Crippen molar-refractivity contribution >= 4 is 26.7 Å². The minimum Gasteiger partial charge on any atom is -0.0835 e. The Morgan fingerprint density at radius 3 is 2.50 bits per heavy atom. The zero-order chi connectivity index (χ0) is 14.5. The van der Waals surface area contributed by atoms with Crippen molar-refractivity contribution in [3.05, 3.63) is 47.5 Å². The Kier molecular flexibility index (Phi) is 5.65. The fourth-order valence-electron chi connectivity index (χ4n) is 3.03. The lowest BCUT2D eigenvalue weighted by molar-refractivity contribution is 0.446. The highest BCUT2D eigenvalue weighted by Gasteiger charge is 2.21. The quantitative estimate of drug-likeness (QED) is 0.510. The van der Waals surface area contributed by atoms with E-state index in [0.29, 0.717) is 4.83 Å². The molecule has 0 aromatic heterocycles. The van der Waals surface area contributed by atoms with Gasteiger partial charge in [0.25, 0.3) is 0 Å². The lowest BCUT2D eigenvalue weighted by atomic mass is 9.87. The number of rotatable bonds is 6. The molecule has 0 nitrogen and oxygen atoms in total. The SMILES string of the molecule is CCCCC(CC)C(Br)c1c(C)ccc2ccccc12. The molecule has 2 aromatic rings. The molecule has 0 heterocycles. The fourth-order valence-corrected chi connectivity index (χ4v) is 4.28. The standard InChI is InChI=1S/C19H25Br/c1-4-6-9-15(5-2)19(20)18-14(3)12-13-16-10-7-8-11-17(16)18/h7-8,10-13,15,19H,4-6,9H2,1-3H3. The van der Waals surface area contributed by atoms with Crippen molar-refractivity contribution in [2.45, 2.75) is 51.3 Å². The molecule has 0 amide bonds. The maximum absolute atomic E-state index is 4.01. The number of alkyl halides is 1. The van der Waals surface area contributed by atoms with Gasteiger partial charge in [0, 0.05) is 4.83 Å². The first kappa shape index (κ1) is 15.6. The van der Waals surface area contributed by atoms with Crippen molar-refractivity contribution < 1.29 is 0 Å². The lowest BCUT2D eigenvalue weighted by Gasteiger charge is -2.24. The summed E-state index contributed by atoms with van der Waals surface area (Å²) in [6.07, 6.45) is 5.15. The molecule has 2 atom stereocenters. The van der Waals surface area contributed by atoms with Crippen molar-refractivity contribution in [2.24, 2.45) is 5.92 Å². The highest BCUT2D eigenvalue weighted by molar-refractivity contribution is 9.09. The van der Waals surface area contributed by atoms with E-state index in [1.165, 1.54) is 47.6 Å². The third kappa shape index (κ3) is 3.25. The Balaban J connectivity index is 2.42. The maximum Gasteiger partial charge on any atom is 0.0432 e. The maximum atomic E-state index is 4.01. The molecule has 2 unspecified atom stereocenters. The van der Waals surface area contributed by atoms with Crippen LogP contribution in [-0.2, 0) is 0 Å². The summed E-state index contributed by atoms with van der Waals surface area (Å²) >= 11 is 4.01. The van der Waals surface area contributed by atoms with Gasteiger partial charge in [-0.15, -0.1) is 0 Å². The Morgan fingerprint density at radius 1 is 1.05 bits per heavy atom. The number of unbranched alkanes of at least 4 members (excludes halogenated alkanes) is 1. The average molecular weight is 333 g/mol. The van der Waals surface area contributed by atoms with Gasteiger partial charge in [-0.25, -0.2) is 0 Å². The van der Waals surface area contributed by atoms with E-state index in [1.54, 1.807) is 0 Å². The van der Waals surface area contributed by atoms with Crippen LogP contribution in [0.2, 0.25) is 0 Å². The predicted molar refractivity (Wildman–Crippen MR) is 93.7 cm³/mol. The first-order valence-corrected chi connectivity index (χ1v) is 8.72. The predicted octanol–water partition coefficient (Wildman–Crippen LogP) is 6.80. The topological polar surface area (TPSA) is 0 Å². The summed E-state index contributed by atoms with van der Waals surface area (Å²) in [5.74, 6) is 0.722. The Hall–Kier alpha value is -0.820. The van der Waals surface area contributed by atoms with Crippen LogP contribution in [0.1, 0.15) is 55.5 Å². The number of halogens is 1. The summed E-state index contributed by atoms with van der Waals surface area (Å²) in [5.41, 5.74) is 2.89. The van der Waals surface area contributed by atoms with E-state index >= 15 is 0 Å². The third-order valence-electron chi connectivity index (χ3n) is 4.33. The zero-order valence-electron chi connectivity index (χ0n) is 12.8. The van der Waals surface area contributed by atoms with Crippen LogP contribution in [0.25, 0.3) is 10.8 Å². The second-order valence-electron chi connectivity index (χ2n) is 5.73. The van der Waals surface area contributed by atoms with E-state index in [0.717, 1.165) is 5.92 Å². The van der Waals surface area contributed by atoms with Gasteiger partial charge in [-0.3, -0.25) is 0 Å². The van der Waals surface area contributed by atoms with Gasteiger partial charge in [-0.2, -0.15) is 0 Å². The normalized spacial score (nSPS) is 14.4. The van der Waals surface area contributed by atoms with E-state index in [9.17, 15) is 0 Å². The molecule has 0 spiro atoms. The summed E-state index contributed by atoms with van der Waals surface area (Å²) in [6, 6.07) is 13.2. The molecule has 2 rings (SSSR count). The van der Waals surface area contributed by atoms with Crippen LogP contribution >= 0.6 is 15.9 Å². The van der Waals surface area contributed by atoms with Crippen molar-refractivity contribution in [1.29, 1.82) is 0 Å². The molecule has 0 aliphatic carbocycles. The van der Waals surface area contributed by atoms with Gasteiger partial charge in [0.2, 0.25) is 0 Å². The molecular weight excluding hydrogens is 308 g/mol. The van der Waals surface area contributed by atoms with Crippen molar-refractivity contribution in [3.8, 4) is 0 Å². The first-order chi connectivity index (χ1) is 9.69. The highest BCUT2D eigenvalue weighted by Crippen LogP contribution is 2.41. The van der Waals surface area contributed by atoms with Crippen LogP contribution in [0.15, 0.2) is 36.4 Å². The van der Waals surface area contributed by atoms with Gasteiger partial charge < -0.3 is 0 Å². The molecule has 0 aliphatic heterocycles. The summed E-state index contributed by atoms with van der Waals surface area (Å²) < 4.78 is 0. The minimum atomic E-state index is 0.463. The van der Waals surface area contributed by atoms with Crippen molar-refractivity contribution in [2.75, 3.05) is 0 Å². The van der Waals surface area contributed by atoms with E-state index < -0.39 is 0 Å². The Morgan fingerprint density at radius 2 is 1.80 bits per heavy atom. The smallest absolute Gasteiger partial charge is 0.0432 e. The molecule has 0 saturated carbocycles. The second-order valence-corrected chi connectivity index (χ2v) is 6.72. The van der Waals surface area contributed by atoms with Crippen LogP contribution in [-0.4, -0.2) is 0 Å². The largest absolute Gasteiger partial charge is 0.0835 e. The number of aryl methyl sites for hydroxylation is 1. The molecule has 20 heavy (non-hydrogen) atoms. The molecule has 1 heteroatoms. The fraction of sp³-hybridized carbons (Fsp3) is 0.474. The van der Waals surface area contributed by atoms with Gasteiger partial charge in [0.15, 0.2) is 0 Å². The Labute approximate surface area is 131 Å². The van der Waals surface area contributed by atoms with E-state index in [4.69, 9.17) is 0 Å². The average Bonchev–Trinajstić information content (AvgIpc) is 2.47. The van der Waals surface area contributed by atoms with Crippen LogP contribution in [0.4, 0.5) is 0 Å². The number of fused-ring (bicyclic) bond motifs is 1. The molecule has 0 radical (unpaired) electrons. The molecule has 2 aromatic carbocycles. The Bertz CT molecular complexity index is 559. The molecule has 0 N–H and O–H groups in total. The van der Waals surface area contributed by atoms with Crippen LogP contribution in [0, 0.1) is 12.8 Å². The van der Waals surface area contributed by atoms with Crippen LogP contribution < -0.4 is 0 Å². The zero-order valence-corrected chi connectivity index (χ0v) is 14.4. The van der Waals surface area contributed by atoms with E-state index in [1.807, 2.05) is 0 Å². The van der Waals surface area contributed by atoms with Crippen molar-refractivity contribution in [1.82, 2.24) is 0 Å². The van der Waals surface area contributed by atoms with Gasteiger partial charge >= 0.3 is 0 Å². The number of hydrogen-bond donors (Lipinski definition) is 0. The number of hydrogen-bond acceptors (Lipinski definition) is 0. The molecule has 0 fully saturated rings. The first-order valence-electron chi connectivity index (χ1n) is 7.81. The third-order valence-corrected chi connectivity index (χ3v) is 5.54. The van der Waals surface area contributed by atoms with Crippen molar-refractivity contribution in [3.63, 3.8) is 0 Å².